The predicted molar refractivity (Wildman–Crippen MR) is 69.7 cm³/mol. The fraction of sp³-hybridized carbons (Fsp3) is 0.455. The van der Waals surface area contributed by atoms with Crippen LogP contribution in [0.5, 0.6) is 0 Å². The molecule has 5 nitrogen and oxygen atoms in total. The van der Waals surface area contributed by atoms with E-state index in [1.165, 1.54) is 0 Å². The second-order valence-electron chi connectivity index (χ2n) is 4.36. The van der Waals surface area contributed by atoms with Crippen LogP contribution in [0.1, 0.15) is 17.4 Å². The highest BCUT2D eigenvalue weighted by atomic mass is 127. The number of carbonyl (C=O) groups excluding carboxylic acids is 1. The summed E-state index contributed by atoms with van der Waals surface area (Å²) in [6, 6.07) is 1.77. The third kappa shape index (κ3) is 2.46. The summed E-state index contributed by atoms with van der Waals surface area (Å²) in [6.45, 7) is 2.67. The maximum atomic E-state index is 12.1. The van der Waals surface area contributed by atoms with Gasteiger partial charge < -0.3 is 15.0 Å². The Morgan fingerprint density at radius 2 is 2.24 bits per heavy atom. The Morgan fingerprint density at radius 3 is 2.71 bits per heavy atom. The summed E-state index contributed by atoms with van der Waals surface area (Å²) in [7, 11) is 0. The smallest absolute Gasteiger partial charge is 0.308 e. The minimum atomic E-state index is -0.825. The van der Waals surface area contributed by atoms with Crippen molar-refractivity contribution in [2.75, 3.05) is 13.1 Å². The standard InChI is InChI=1S/C11H13IN2O3/c1-6-4-14(5-8(6)11(16)17)10(15)9-2-7(12)3-13-9/h2-3,6,8,13H,4-5H2,1H3,(H,16,17)/t6-,8-/m1/s1. The van der Waals surface area contributed by atoms with Crippen LogP contribution in [0.4, 0.5) is 0 Å². The van der Waals surface area contributed by atoms with Gasteiger partial charge in [0.1, 0.15) is 5.69 Å². The molecular formula is C11H13IN2O3. The summed E-state index contributed by atoms with van der Waals surface area (Å²) in [5.41, 5.74) is 0.521. The molecule has 0 radical (unpaired) electrons. The first-order valence-corrected chi connectivity index (χ1v) is 6.43. The zero-order valence-electron chi connectivity index (χ0n) is 9.31. The number of H-pyrrole nitrogens is 1. The molecule has 0 unspecified atom stereocenters. The van der Waals surface area contributed by atoms with E-state index in [2.05, 4.69) is 27.6 Å². The average Bonchev–Trinajstić information content (AvgIpc) is 2.83. The Morgan fingerprint density at radius 1 is 1.53 bits per heavy atom. The van der Waals surface area contributed by atoms with Crippen LogP contribution in [0, 0.1) is 15.4 Å². The number of carboxylic acid groups (broad SMARTS) is 1. The van der Waals surface area contributed by atoms with Crippen molar-refractivity contribution in [2.45, 2.75) is 6.92 Å². The molecule has 0 saturated carbocycles. The molecule has 2 heterocycles. The molecule has 2 N–H and O–H groups in total. The number of hydrogen-bond acceptors (Lipinski definition) is 2. The van der Waals surface area contributed by atoms with Crippen LogP contribution in [0.3, 0.4) is 0 Å². The van der Waals surface area contributed by atoms with Gasteiger partial charge in [0, 0.05) is 22.9 Å². The van der Waals surface area contributed by atoms with E-state index < -0.39 is 11.9 Å². The molecule has 2 rings (SSSR count). The van der Waals surface area contributed by atoms with Crippen molar-refractivity contribution in [3.63, 3.8) is 0 Å². The lowest BCUT2D eigenvalue weighted by atomic mass is 9.99. The molecule has 2 atom stereocenters. The van der Waals surface area contributed by atoms with Gasteiger partial charge in [0.15, 0.2) is 0 Å². The van der Waals surface area contributed by atoms with E-state index in [0.29, 0.717) is 18.8 Å². The topological polar surface area (TPSA) is 73.4 Å². The molecular weight excluding hydrogens is 335 g/mol. The van der Waals surface area contributed by atoms with Crippen molar-refractivity contribution in [2.24, 2.45) is 11.8 Å². The van der Waals surface area contributed by atoms with Crippen LogP contribution < -0.4 is 0 Å². The third-order valence-corrected chi connectivity index (χ3v) is 3.72. The summed E-state index contributed by atoms with van der Waals surface area (Å²) in [6.07, 6.45) is 1.75. The van der Waals surface area contributed by atoms with E-state index in [0.717, 1.165) is 3.57 Å². The quantitative estimate of drug-likeness (QED) is 0.794. The number of likely N-dealkylation sites (tertiary alicyclic amines) is 1. The molecule has 1 amide bonds. The van der Waals surface area contributed by atoms with Crippen molar-refractivity contribution in [3.8, 4) is 0 Å². The van der Waals surface area contributed by atoms with Crippen molar-refractivity contribution >= 4 is 34.5 Å². The molecule has 17 heavy (non-hydrogen) atoms. The number of amides is 1. The molecule has 6 heteroatoms. The number of carboxylic acids is 1. The Bertz CT molecular complexity index is 457. The molecule has 0 aliphatic carbocycles. The molecule has 92 valence electrons. The second-order valence-corrected chi connectivity index (χ2v) is 5.61. The summed E-state index contributed by atoms with van der Waals surface area (Å²) < 4.78 is 0.966. The first kappa shape index (κ1) is 12.4. The minimum absolute atomic E-state index is 0.00508. The van der Waals surface area contributed by atoms with E-state index >= 15 is 0 Å². The lowest BCUT2D eigenvalue weighted by molar-refractivity contribution is -0.142. The Kier molecular flexibility index (Phi) is 3.41. The zero-order valence-corrected chi connectivity index (χ0v) is 11.5. The van der Waals surface area contributed by atoms with Gasteiger partial charge in [-0.2, -0.15) is 0 Å². The van der Waals surface area contributed by atoms with Crippen molar-refractivity contribution < 1.29 is 14.7 Å². The third-order valence-electron chi connectivity index (χ3n) is 3.09. The highest BCUT2D eigenvalue weighted by Gasteiger charge is 2.37. The molecule has 1 aliphatic heterocycles. The van der Waals surface area contributed by atoms with Gasteiger partial charge >= 0.3 is 5.97 Å². The van der Waals surface area contributed by atoms with Gasteiger partial charge in [-0.3, -0.25) is 9.59 Å². The monoisotopic (exact) mass is 348 g/mol. The SMILES string of the molecule is C[C@@H]1CN(C(=O)c2cc(I)c[nH]2)C[C@H]1C(=O)O. The fourth-order valence-corrected chi connectivity index (χ4v) is 2.58. The van der Waals surface area contributed by atoms with Gasteiger partial charge in [-0.1, -0.05) is 6.92 Å². The highest BCUT2D eigenvalue weighted by molar-refractivity contribution is 14.1. The first-order chi connectivity index (χ1) is 7.99. The molecule has 1 aromatic rings. The average molecular weight is 348 g/mol. The molecule has 0 aromatic carbocycles. The summed E-state index contributed by atoms with van der Waals surface area (Å²) in [5.74, 6) is -1.39. The molecule has 1 aromatic heterocycles. The zero-order chi connectivity index (χ0) is 12.6. The molecule has 0 bridgehead atoms. The molecule has 0 spiro atoms. The molecule has 1 aliphatic rings. The van der Waals surface area contributed by atoms with Gasteiger partial charge in [0.05, 0.1) is 5.92 Å². The minimum Gasteiger partial charge on any atom is -0.481 e. The number of nitrogens with zero attached hydrogens (tertiary/aromatic N) is 1. The van der Waals surface area contributed by atoms with Gasteiger partial charge in [-0.15, -0.1) is 0 Å². The maximum absolute atomic E-state index is 12.1. The van der Waals surface area contributed by atoms with Crippen LogP contribution in [0.2, 0.25) is 0 Å². The van der Waals surface area contributed by atoms with E-state index in [1.54, 1.807) is 17.2 Å². The van der Waals surface area contributed by atoms with Crippen LogP contribution in [-0.4, -0.2) is 40.0 Å². The Labute approximate surface area is 112 Å². The maximum Gasteiger partial charge on any atom is 0.308 e. The number of nitrogens with one attached hydrogen (secondary N) is 1. The lowest BCUT2D eigenvalue weighted by Crippen LogP contribution is -2.30. The predicted octanol–water partition coefficient (Wildman–Crippen LogP) is 1.41. The Hall–Kier alpha value is -1.05. The second kappa shape index (κ2) is 4.67. The van der Waals surface area contributed by atoms with E-state index in [4.69, 9.17) is 5.11 Å². The highest BCUT2D eigenvalue weighted by Crippen LogP contribution is 2.24. The molecule has 1 fully saturated rings. The fourth-order valence-electron chi connectivity index (χ4n) is 2.12. The van der Waals surface area contributed by atoms with E-state index in [-0.39, 0.29) is 11.8 Å². The largest absolute Gasteiger partial charge is 0.481 e. The van der Waals surface area contributed by atoms with Crippen molar-refractivity contribution in [1.82, 2.24) is 9.88 Å². The van der Waals surface area contributed by atoms with Gasteiger partial charge in [-0.25, -0.2) is 0 Å². The number of halogens is 1. The van der Waals surface area contributed by atoms with Gasteiger partial charge in [0.25, 0.3) is 5.91 Å². The Balaban J connectivity index is 2.10. The summed E-state index contributed by atoms with van der Waals surface area (Å²) in [4.78, 5) is 27.5. The summed E-state index contributed by atoms with van der Waals surface area (Å²) >= 11 is 2.12. The lowest BCUT2D eigenvalue weighted by Gasteiger charge is -2.14. The van der Waals surface area contributed by atoms with Gasteiger partial charge in [0.2, 0.25) is 0 Å². The van der Waals surface area contributed by atoms with Crippen molar-refractivity contribution in [3.05, 3.63) is 21.5 Å². The summed E-state index contributed by atoms with van der Waals surface area (Å²) in [5, 5.41) is 9.01. The first-order valence-electron chi connectivity index (χ1n) is 5.35. The number of rotatable bonds is 2. The van der Waals surface area contributed by atoms with Crippen LogP contribution in [0.15, 0.2) is 12.3 Å². The van der Waals surface area contributed by atoms with E-state index in [1.807, 2.05) is 6.92 Å². The van der Waals surface area contributed by atoms with Crippen LogP contribution in [-0.2, 0) is 4.79 Å². The van der Waals surface area contributed by atoms with Crippen LogP contribution >= 0.6 is 22.6 Å². The normalized spacial score (nSPS) is 24.0. The van der Waals surface area contributed by atoms with Crippen molar-refractivity contribution in [1.29, 1.82) is 0 Å². The number of aliphatic carboxylic acids is 1. The number of aromatic nitrogens is 1. The number of hydrogen-bond donors (Lipinski definition) is 2. The van der Waals surface area contributed by atoms with E-state index in [9.17, 15) is 9.59 Å². The number of aromatic amines is 1. The van der Waals surface area contributed by atoms with Gasteiger partial charge in [-0.05, 0) is 34.6 Å². The van der Waals surface area contributed by atoms with Crippen LogP contribution in [0.25, 0.3) is 0 Å². The number of carbonyl (C=O) groups is 2. The molecule has 1 saturated heterocycles.